The summed E-state index contributed by atoms with van der Waals surface area (Å²) in [6.07, 6.45) is 1.05. The van der Waals surface area contributed by atoms with Gasteiger partial charge < -0.3 is 10.1 Å². The van der Waals surface area contributed by atoms with Gasteiger partial charge in [0.15, 0.2) is 0 Å². The SMILES string of the molecule is CCCNc1cc(Oc2ccccc2I)nc(C)n1. The maximum Gasteiger partial charge on any atom is 0.224 e. The fraction of sp³-hybridized carbons (Fsp3) is 0.286. The third-order valence-electron chi connectivity index (χ3n) is 2.42. The van der Waals surface area contributed by atoms with Crippen LogP contribution < -0.4 is 10.1 Å². The van der Waals surface area contributed by atoms with E-state index in [4.69, 9.17) is 4.74 Å². The molecule has 0 spiro atoms. The monoisotopic (exact) mass is 369 g/mol. The van der Waals surface area contributed by atoms with E-state index in [-0.39, 0.29) is 0 Å². The van der Waals surface area contributed by atoms with E-state index in [0.717, 1.165) is 28.1 Å². The van der Waals surface area contributed by atoms with Crippen LogP contribution in [0.1, 0.15) is 19.2 Å². The number of hydrogen-bond donors (Lipinski definition) is 1. The summed E-state index contributed by atoms with van der Waals surface area (Å²) in [7, 11) is 0. The largest absolute Gasteiger partial charge is 0.438 e. The Balaban J connectivity index is 2.20. The van der Waals surface area contributed by atoms with Crippen LogP contribution in [0.3, 0.4) is 0 Å². The third-order valence-corrected chi connectivity index (χ3v) is 3.31. The molecule has 0 amide bonds. The molecule has 4 nitrogen and oxygen atoms in total. The molecule has 0 saturated carbocycles. The van der Waals surface area contributed by atoms with Crippen LogP contribution in [0.4, 0.5) is 5.82 Å². The fourth-order valence-corrected chi connectivity index (χ4v) is 2.07. The van der Waals surface area contributed by atoms with Crippen LogP contribution in [-0.4, -0.2) is 16.5 Å². The molecule has 0 atom stereocenters. The van der Waals surface area contributed by atoms with Crippen molar-refractivity contribution >= 4 is 28.4 Å². The van der Waals surface area contributed by atoms with Gasteiger partial charge in [0.1, 0.15) is 17.4 Å². The predicted molar refractivity (Wildman–Crippen MR) is 84.8 cm³/mol. The van der Waals surface area contributed by atoms with Crippen molar-refractivity contribution in [3.63, 3.8) is 0 Å². The first kappa shape index (κ1) is 14.0. The second-order valence-corrected chi connectivity index (χ2v) is 5.26. The van der Waals surface area contributed by atoms with Gasteiger partial charge in [-0.3, -0.25) is 0 Å². The number of nitrogens with one attached hydrogen (secondary N) is 1. The summed E-state index contributed by atoms with van der Waals surface area (Å²) in [4.78, 5) is 8.63. The molecule has 1 heterocycles. The highest BCUT2D eigenvalue weighted by Crippen LogP contribution is 2.26. The summed E-state index contributed by atoms with van der Waals surface area (Å²) >= 11 is 2.24. The zero-order valence-electron chi connectivity index (χ0n) is 11.0. The van der Waals surface area contributed by atoms with E-state index in [9.17, 15) is 0 Å². The number of ether oxygens (including phenoxy) is 1. The topological polar surface area (TPSA) is 47.0 Å². The highest BCUT2D eigenvalue weighted by Gasteiger charge is 2.06. The zero-order chi connectivity index (χ0) is 13.7. The molecule has 1 N–H and O–H groups in total. The van der Waals surface area contributed by atoms with Crippen molar-refractivity contribution in [3.05, 3.63) is 39.7 Å². The first-order valence-electron chi connectivity index (χ1n) is 6.21. The van der Waals surface area contributed by atoms with Gasteiger partial charge in [0, 0.05) is 12.6 Å². The molecule has 0 aliphatic carbocycles. The average Bonchev–Trinajstić information content (AvgIpc) is 2.38. The van der Waals surface area contributed by atoms with E-state index in [2.05, 4.69) is 44.8 Å². The molecule has 0 radical (unpaired) electrons. The molecule has 19 heavy (non-hydrogen) atoms. The summed E-state index contributed by atoms with van der Waals surface area (Å²) in [5.41, 5.74) is 0. The lowest BCUT2D eigenvalue weighted by molar-refractivity contribution is 0.457. The van der Waals surface area contributed by atoms with Crippen molar-refractivity contribution in [2.24, 2.45) is 0 Å². The third kappa shape index (κ3) is 4.05. The highest BCUT2D eigenvalue weighted by molar-refractivity contribution is 14.1. The van der Waals surface area contributed by atoms with Crippen LogP contribution in [0, 0.1) is 10.5 Å². The Morgan fingerprint density at radius 2 is 2.05 bits per heavy atom. The molecule has 0 unspecified atom stereocenters. The van der Waals surface area contributed by atoms with Gasteiger partial charge in [0.05, 0.1) is 3.57 Å². The molecule has 100 valence electrons. The Labute approximate surface area is 126 Å². The molecule has 1 aromatic heterocycles. The normalized spacial score (nSPS) is 10.3. The number of hydrogen-bond acceptors (Lipinski definition) is 4. The number of anilines is 1. The maximum atomic E-state index is 5.81. The van der Waals surface area contributed by atoms with Crippen LogP contribution in [0.25, 0.3) is 0 Å². The van der Waals surface area contributed by atoms with E-state index in [1.54, 1.807) is 0 Å². The van der Waals surface area contributed by atoms with Crippen molar-refractivity contribution in [2.75, 3.05) is 11.9 Å². The second-order valence-electron chi connectivity index (χ2n) is 4.10. The summed E-state index contributed by atoms with van der Waals surface area (Å²) < 4.78 is 6.87. The van der Waals surface area contributed by atoms with Gasteiger partial charge in [-0.05, 0) is 48.1 Å². The van der Waals surface area contributed by atoms with Crippen molar-refractivity contribution < 1.29 is 4.74 Å². The summed E-state index contributed by atoms with van der Waals surface area (Å²) in [5, 5.41) is 3.24. The summed E-state index contributed by atoms with van der Waals surface area (Å²) in [5.74, 6) is 2.87. The molecule has 0 aliphatic rings. The fourth-order valence-electron chi connectivity index (χ4n) is 1.58. The molecule has 2 rings (SSSR count). The minimum absolute atomic E-state index is 0.565. The molecule has 1 aromatic carbocycles. The zero-order valence-corrected chi connectivity index (χ0v) is 13.1. The number of halogens is 1. The first-order valence-corrected chi connectivity index (χ1v) is 7.29. The Morgan fingerprint density at radius 1 is 1.26 bits per heavy atom. The molecular formula is C14H16IN3O. The maximum absolute atomic E-state index is 5.81. The number of para-hydroxylation sites is 1. The standard InChI is InChI=1S/C14H16IN3O/c1-3-8-16-13-9-14(18-10(2)17-13)19-12-7-5-4-6-11(12)15/h4-7,9H,3,8H2,1-2H3,(H,16,17,18). The number of benzene rings is 1. The second kappa shape index (κ2) is 6.70. The summed E-state index contributed by atoms with van der Waals surface area (Å²) in [6, 6.07) is 9.68. The first-order chi connectivity index (χ1) is 9.19. The molecule has 0 saturated heterocycles. The average molecular weight is 369 g/mol. The minimum atomic E-state index is 0.565. The van der Waals surface area contributed by atoms with Crippen LogP contribution in [0.2, 0.25) is 0 Å². The van der Waals surface area contributed by atoms with Gasteiger partial charge in [0.25, 0.3) is 0 Å². The number of aryl methyl sites for hydroxylation is 1. The lowest BCUT2D eigenvalue weighted by Crippen LogP contribution is -2.04. The van der Waals surface area contributed by atoms with E-state index in [1.807, 2.05) is 37.3 Å². The van der Waals surface area contributed by atoms with Crippen molar-refractivity contribution in [1.82, 2.24) is 9.97 Å². The highest BCUT2D eigenvalue weighted by atomic mass is 127. The van der Waals surface area contributed by atoms with Crippen LogP contribution in [-0.2, 0) is 0 Å². The predicted octanol–water partition coefficient (Wildman–Crippen LogP) is 4.00. The van der Waals surface area contributed by atoms with Gasteiger partial charge >= 0.3 is 0 Å². The van der Waals surface area contributed by atoms with Gasteiger partial charge in [-0.1, -0.05) is 19.1 Å². The van der Waals surface area contributed by atoms with Gasteiger partial charge in [-0.25, -0.2) is 4.98 Å². The Hall–Kier alpha value is -1.37. The van der Waals surface area contributed by atoms with Crippen molar-refractivity contribution in [2.45, 2.75) is 20.3 Å². The molecule has 0 aliphatic heterocycles. The summed E-state index contributed by atoms with van der Waals surface area (Å²) in [6.45, 7) is 4.86. The lowest BCUT2D eigenvalue weighted by Gasteiger charge is -2.09. The van der Waals surface area contributed by atoms with Crippen LogP contribution >= 0.6 is 22.6 Å². The van der Waals surface area contributed by atoms with E-state index in [1.165, 1.54) is 0 Å². The number of rotatable bonds is 5. The van der Waals surface area contributed by atoms with E-state index < -0.39 is 0 Å². The Bertz CT molecular complexity index is 560. The molecule has 0 fully saturated rings. The molecule has 0 bridgehead atoms. The van der Waals surface area contributed by atoms with Crippen molar-refractivity contribution in [1.29, 1.82) is 0 Å². The van der Waals surface area contributed by atoms with E-state index in [0.29, 0.717) is 11.7 Å². The Kier molecular flexibility index (Phi) is 4.95. The minimum Gasteiger partial charge on any atom is -0.438 e. The quantitative estimate of drug-likeness (QED) is 0.810. The van der Waals surface area contributed by atoms with Crippen molar-refractivity contribution in [3.8, 4) is 11.6 Å². The number of aromatic nitrogens is 2. The number of nitrogens with zero attached hydrogens (tertiary/aromatic N) is 2. The van der Waals surface area contributed by atoms with E-state index >= 15 is 0 Å². The smallest absolute Gasteiger partial charge is 0.224 e. The molecule has 5 heteroatoms. The molecular weight excluding hydrogens is 353 g/mol. The lowest BCUT2D eigenvalue weighted by atomic mass is 10.3. The van der Waals surface area contributed by atoms with Crippen LogP contribution in [0.15, 0.2) is 30.3 Å². The molecule has 2 aromatic rings. The van der Waals surface area contributed by atoms with Crippen LogP contribution in [0.5, 0.6) is 11.6 Å². The Morgan fingerprint density at radius 3 is 2.79 bits per heavy atom. The van der Waals surface area contributed by atoms with Gasteiger partial charge in [0.2, 0.25) is 5.88 Å². The van der Waals surface area contributed by atoms with Gasteiger partial charge in [-0.2, -0.15) is 4.98 Å². The van der Waals surface area contributed by atoms with Gasteiger partial charge in [-0.15, -0.1) is 0 Å².